The van der Waals surface area contributed by atoms with Gasteiger partial charge in [-0.05, 0) is 30.7 Å². The van der Waals surface area contributed by atoms with Crippen molar-refractivity contribution < 1.29 is 9.90 Å². The van der Waals surface area contributed by atoms with Crippen LogP contribution in [0.5, 0.6) is 0 Å². The van der Waals surface area contributed by atoms with E-state index < -0.39 is 6.10 Å². The van der Waals surface area contributed by atoms with E-state index in [1.165, 1.54) is 0 Å². The quantitative estimate of drug-likeness (QED) is 0.780. The van der Waals surface area contributed by atoms with Gasteiger partial charge in [0, 0.05) is 28.5 Å². The summed E-state index contributed by atoms with van der Waals surface area (Å²) in [5.74, 6) is -0.502. The summed E-state index contributed by atoms with van der Waals surface area (Å²) in [4.78, 5) is 11.7. The van der Waals surface area contributed by atoms with Crippen LogP contribution in [0.1, 0.15) is 25.5 Å². The van der Waals surface area contributed by atoms with Gasteiger partial charge in [-0.25, -0.2) is 0 Å². The molecule has 0 aliphatic rings. The van der Waals surface area contributed by atoms with Crippen molar-refractivity contribution in [3.05, 3.63) is 33.8 Å². The third kappa shape index (κ3) is 4.99. The number of benzene rings is 1. The second-order valence-electron chi connectivity index (χ2n) is 4.61. The van der Waals surface area contributed by atoms with Gasteiger partial charge in [0.15, 0.2) is 0 Å². The van der Waals surface area contributed by atoms with Gasteiger partial charge in [-0.3, -0.25) is 4.79 Å². The Kier molecular flexibility index (Phi) is 6.07. The Labute approximate surface area is 122 Å². The number of carbonyl (C=O) groups excluding carboxylic acids is 1. The number of amides is 1. The fourth-order valence-corrected chi connectivity index (χ4v) is 2.03. The molecule has 3 unspecified atom stereocenters. The van der Waals surface area contributed by atoms with Crippen molar-refractivity contribution >= 4 is 29.1 Å². The topological polar surface area (TPSA) is 75.4 Å². The number of hydrogen-bond donors (Lipinski definition) is 3. The zero-order chi connectivity index (χ0) is 14.6. The highest BCUT2D eigenvalue weighted by atomic mass is 35.5. The number of carbonyl (C=O) groups is 1. The van der Waals surface area contributed by atoms with Crippen molar-refractivity contribution in [3.8, 4) is 0 Å². The van der Waals surface area contributed by atoms with E-state index in [1.807, 2.05) is 0 Å². The number of rotatable bonds is 5. The van der Waals surface area contributed by atoms with Crippen molar-refractivity contribution in [1.29, 1.82) is 0 Å². The monoisotopic (exact) mass is 304 g/mol. The lowest BCUT2D eigenvalue weighted by molar-refractivity contribution is -0.125. The molecule has 0 saturated carbocycles. The summed E-state index contributed by atoms with van der Waals surface area (Å²) >= 11 is 11.7. The molecule has 0 fully saturated rings. The average Bonchev–Trinajstić information content (AvgIpc) is 2.33. The molecular weight excluding hydrogens is 287 g/mol. The third-order valence-corrected chi connectivity index (χ3v) is 3.38. The van der Waals surface area contributed by atoms with Gasteiger partial charge < -0.3 is 16.2 Å². The molecule has 1 aromatic rings. The molecule has 1 amide bonds. The summed E-state index contributed by atoms with van der Waals surface area (Å²) in [6.45, 7) is 3.59. The maximum atomic E-state index is 11.7. The summed E-state index contributed by atoms with van der Waals surface area (Å²) in [7, 11) is 0. The van der Waals surface area contributed by atoms with E-state index in [2.05, 4.69) is 5.32 Å². The van der Waals surface area contributed by atoms with Crippen molar-refractivity contribution in [2.24, 2.45) is 11.7 Å². The highest BCUT2D eigenvalue weighted by Gasteiger charge is 2.18. The van der Waals surface area contributed by atoms with E-state index in [1.54, 1.807) is 32.0 Å². The van der Waals surface area contributed by atoms with Crippen LogP contribution in [0.25, 0.3) is 0 Å². The first-order valence-electron chi connectivity index (χ1n) is 5.98. The zero-order valence-electron chi connectivity index (χ0n) is 10.9. The maximum Gasteiger partial charge on any atom is 0.224 e. The molecule has 0 aliphatic heterocycles. The van der Waals surface area contributed by atoms with E-state index in [4.69, 9.17) is 28.9 Å². The van der Waals surface area contributed by atoms with Crippen LogP contribution in [-0.2, 0) is 4.79 Å². The Morgan fingerprint density at radius 1 is 1.32 bits per heavy atom. The number of hydrogen-bond acceptors (Lipinski definition) is 3. The molecular formula is C13H18Cl2N2O2. The minimum atomic E-state index is -0.861. The highest BCUT2D eigenvalue weighted by molar-refractivity contribution is 6.34. The van der Waals surface area contributed by atoms with Gasteiger partial charge in [0.2, 0.25) is 5.91 Å². The summed E-state index contributed by atoms with van der Waals surface area (Å²) in [6.07, 6.45) is -0.861. The lowest BCUT2D eigenvalue weighted by Gasteiger charge is -2.18. The van der Waals surface area contributed by atoms with Crippen LogP contribution < -0.4 is 11.1 Å². The van der Waals surface area contributed by atoms with Crippen LogP contribution in [0.4, 0.5) is 0 Å². The van der Waals surface area contributed by atoms with Crippen LogP contribution >= 0.6 is 23.2 Å². The van der Waals surface area contributed by atoms with Gasteiger partial charge in [-0.2, -0.15) is 0 Å². The normalized spacial score (nSPS) is 15.7. The van der Waals surface area contributed by atoms with Gasteiger partial charge in [0.25, 0.3) is 0 Å². The molecule has 0 heterocycles. The average molecular weight is 305 g/mol. The van der Waals surface area contributed by atoms with Gasteiger partial charge in [0.1, 0.15) is 0 Å². The fourth-order valence-electron chi connectivity index (χ4n) is 1.48. The van der Waals surface area contributed by atoms with Crippen LogP contribution in [0.2, 0.25) is 10.0 Å². The fraction of sp³-hybridized carbons (Fsp3) is 0.462. The van der Waals surface area contributed by atoms with E-state index >= 15 is 0 Å². The molecule has 0 saturated heterocycles. The minimum absolute atomic E-state index is 0.0898. The first-order valence-corrected chi connectivity index (χ1v) is 6.74. The molecule has 106 valence electrons. The van der Waals surface area contributed by atoms with Crippen molar-refractivity contribution in [1.82, 2.24) is 5.32 Å². The van der Waals surface area contributed by atoms with Gasteiger partial charge in [0.05, 0.1) is 6.10 Å². The van der Waals surface area contributed by atoms with E-state index in [0.29, 0.717) is 15.6 Å². The molecule has 1 rings (SSSR count). The number of aliphatic hydroxyl groups is 1. The van der Waals surface area contributed by atoms with Crippen LogP contribution in [-0.4, -0.2) is 23.6 Å². The molecule has 4 N–H and O–H groups in total. The zero-order valence-corrected chi connectivity index (χ0v) is 12.4. The molecule has 19 heavy (non-hydrogen) atoms. The predicted molar refractivity (Wildman–Crippen MR) is 77.2 cm³/mol. The summed E-state index contributed by atoms with van der Waals surface area (Å²) < 4.78 is 0. The van der Waals surface area contributed by atoms with Crippen molar-refractivity contribution in [3.63, 3.8) is 0 Å². The minimum Gasteiger partial charge on any atom is -0.387 e. The van der Waals surface area contributed by atoms with Gasteiger partial charge in [-0.15, -0.1) is 0 Å². The number of aliphatic hydroxyl groups excluding tert-OH is 1. The van der Waals surface area contributed by atoms with Crippen LogP contribution in [0.15, 0.2) is 18.2 Å². The second-order valence-corrected chi connectivity index (χ2v) is 5.48. The summed E-state index contributed by atoms with van der Waals surface area (Å²) in [5, 5.41) is 13.5. The molecule has 0 radical (unpaired) electrons. The smallest absolute Gasteiger partial charge is 0.224 e. The lowest BCUT2D eigenvalue weighted by Crippen LogP contribution is -2.40. The van der Waals surface area contributed by atoms with Crippen LogP contribution in [0, 0.1) is 5.92 Å². The summed E-state index contributed by atoms with van der Waals surface area (Å²) in [5.41, 5.74) is 6.20. The Hall–Kier alpha value is -0.810. The van der Waals surface area contributed by atoms with Crippen molar-refractivity contribution in [2.45, 2.75) is 26.0 Å². The maximum absolute atomic E-state index is 11.7. The van der Waals surface area contributed by atoms with Crippen LogP contribution in [0.3, 0.4) is 0 Å². The molecule has 0 spiro atoms. The molecule has 4 nitrogen and oxygen atoms in total. The highest BCUT2D eigenvalue weighted by Crippen LogP contribution is 2.23. The molecule has 1 aromatic carbocycles. The van der Waals surface area contributed by atoms with E-state index in [9.17, 15) is 9.90 Å². The molecule has 6 heteroatoms. The van der Waals surface area contributed by atoms with E-state index in [-0.39, 0.29) is 24.4 Å². The Bertz CT molecular complexity index is 432. The number of nitrogens with two attached hydrogens (primary N) is 1. The first-order chi connectivity index (χ1) is 8.81. The lowest BCUT2D eigenvalue weighted by atomic mass is 10.0. The number of halogens is 2. The standard InChI is InChI=1S/C13H18Cl2N2O2/c1-7(8(2)16)13(19)17-6-12(18)9-3-10(14)5-11(15)4-9/h3-5,7-8,12,18H,6,16H2,1-2H3,(H,17,19). The molecule has 0 bridgehead atoms. The van der Waals surface area contributed by atoms with Crippen molar-refractivity contribution in [2.75, 3.05) is 6.54 Å². The Morgan fingerprint density at radius 3 is 2.32 bits per heavy atom. The largest absolute Gasteiger partial charge is 0.387 e. The second kappa shape index (κ2) is 7.10. The number of nitrogens with one attached hydrogen (secondary N) is 1. The van der Waals surface area contributed by atoms with E-state index in [0.717, 1.165) is 0 Å². The first kappa shape index (κ1) is 16.2. The molecule has 3 atom stereocenters. The predicted octanol–water partition coefficient (Wildman–Crippen LogP) is 2.13. The molecule has 0 aromatic heterocycles. The Balaban J connectivity index is 2.60. The third-order valence-electron chi connectivity index (χ3n) is 2.94. The molecule has 0 aliphatic carbocycles. The SMILES string of the molecule is CC(N)C(C)C(=O)NCC(O)c1cc(Cl)cc(Cl)c1. The van der Waals surface area contributed by atoms with Gasteiger partial charge >= 0.3 is 0 Å². The Morgan fingerprint density at radius 2 is 1.84 bits per heavy atom. The summed E-state index contributed by atoms with van der Waals surface area (Å²) in [6, 6.07) is 4.56. The van der Waals surface area contributed by atoms with Gasteiger partial charge in [-0.1, -0.05) is 30.1 Å².